The fraction of sp³-hybridized carbons (Fsp3) is 0.455. The van der Waals surface area contributed by atoms with E-state index in [1.807, 2.05) is 18.0 Å². The molecule has 2 atom stereocenters. The molecule has 7 nitrogen and oxygen atoms in total. The molecule has 1 amide bonds. The molecule has 8 heteroatoms. The van der Waals surface area contributed by atoms with Gasteiger partial charge in [-0.15, -0.1) is 24.0 Å². The predicted molar refractivity (Wildman–Crippen MR) is 126 cm³/mol. The van der Waals surface area contributed by atoms with Gasteiger partial charge in [-0.25, -0.2) is 0 Å². The Hall–Kier alpha value is -2.07. The zero-order chi connectivity index (χ0) is 20.1. The molecule has 2 fully saturated rings. The number of benzene rings is 1. The third-order valence-corrected chi connectivity index (χ3v) is 5.67. The minimum absolute atomic E-state index is 0. The van der Waals surface area contributed by atoms with E-state index in [1.54, 1.807) is 12.1 Å². The quantitative estimate of drug-likeness (QED) is 0.379. The number of ether oxygens (including phenoxy) is 1. The number of furan rings is 1. The number of guanidine groups is 1. The Bertz CT molecular complexity index is 820. The van der Waals surface area contributed by atoms with Crippen LogP contribution in [0.3, 0.4) is 0 Å². The Labute approximate surface area is 194 Å². The second kappa shape index (κ2) is 10.8. The van der Waals surface area contributed by atoms with Crippen LogP contribution in [0.5, 0.6) is 0 Å². The number of hydrogen-bond acceptors (Lipinski definition) is 4. The minimum atomic E-state index is -0.0496. The van der Waals surface area contributed by atoms with E-state index in [2.05, 4.69) is 39.5 Å². The molecule has 30 heavy (non-hydrogen) atoms. The number of hydrogen-bond donors (Lipinski definition) is 1. The van der Waals surface area contributed by atoms with Gasteiger partial charge in [-0.05, 0) is 24.1 Å². The highest BCUT2D eigenvalue weighted by molar-refractivity contribution is 14.0. The van der Waals surface area contributed by atoms with Gasteiger partial charge in [0.25, 0.3) is 5.91 Å². The molecule has 0 radical (unpaired) electrons. The summed E-state index contributed by atoms with van der Waals surface area (Å²) in [6.45, 7) is 4.40. The minimum Gasteiger partial charge on any atom is -0.459 e. The van der Waals surface area contributed by atoms with Crippen molar-refractivity contribution in [2.75, 3.05) is 46.4 Å². The van der Waals surface area contributed by atoms with Gasteiger partial charge in [-0.3, -0.25) is 9.79 Å². The molecule has 0 spiro atoms. The van der Waals surface area contributed by atoms with E-state index >= 15 is 0 Å². The van der Waals surface area contributed by atoms with E-state index in [0.717, 1.165) is 38.6 Å². The molecule has 2 aromatic rings. The first-order chi connectivity index (χ1) is 14.3. The summed E-state index contributed by atoms with van der Waals surface area (Å²) in [5.41, 5.74) is 1.23. The maximum Gasteiger partial charge on any atom is 0.289 e. The third kappa shape index (κ3) is 5.15. The van der Waals surface area contributed by atoms with Crippen molar-refractivity contribution in [3.8, 4) is 0 Å². The van der Waals surface area contributed by atoms with E-state index in [9.17, 15) is 4.79 Å². The van der Waals surface area contributed by atoms with Gasteiger partial charge in [-0.1, -0.05) is 30.3 Å². The lowest BCUT2D eigenvalue weighted by Crippen LogP contribution is -2.54. The largest absolute Gasteiger partial charge is 0.459 e. The molecule has 162 valence electrons. The molecule has 2 aliphatic heterocycles. The van der Waals surface area contributed by atoms with Crippen LogP contribution in [-0.4, -0.2) is 68.0 Å². The Morgan fingerprint density at radius 3 is 2.50 bits per heavy atom. The van der Waals surface area contributed by atoms with Crippen molar-refractivity contribution in [1.82, 2.24) is 15.1 Å². The fourth-order valence-corrected chi connectivity index (χ4v) is 4.09. The van der Waals surface area contributed by atoms with Crippen LogP contribution in [0.25, 0.3) is 0 Å². The van der Waals surface area contributed by atoms with E-state index < -0.39 is 0 Å². The van der Waals surface area contributed by atoms with Crippen molar-refractivity contribution in [3.63, 3.8) is 0 Å². The summed E-state index contributed by atoms with van der Waals surface area (Å²) in [4.78, 5) is 20.9. The van der Waals surface area contributed by atoms with Crippen LogP contribution in [-0.2, 0) is 4.74 Å². The van der Waals surface area contributed by atoms with E-state index in [4.69, 9.17) is 9.15 Å². The second-order valence-electron chi connectivity index (χ2n) is 7.44. The van der Waals surface area contributed by atoms with Crippen molar-refractivity contribution in [1.29, 1.82) is 0 Å². The standard InChI is InChI=1S/C22H28N4O3.HI/c1-23-22(24-16-18-9-15-29-20(18)17-6-3-2-4-7-17)26-12-10-25(11-13-26)21(27)19-8-5-14-28-19;/h2-8,14,18,20H,9-13,15-16H2,1H3,(H,23,24);1H. The molecule has 4 rings (SSSR count). The maximum atomic E-state index is 12.4. The van der Waals surface area contributed by atoms with Gasteiger partial charge in [-0.2, -0.15) is 0 Å². The molecule has 1 N–H and O–H groups in total. The van der Waals surface area contributed by atoms with E-state index in [0.29, 0.717) is 24.8 Å². The maximum absolute atomic E-state index is 12.4. The number of rotatable bonds is 4. The lowest BCUT2D eigenvalue weighted by molar-refractivity contribution is 0.0656. The predicted octanol–water partition coefficient (Wildman–Crippen LogP) is 3.01. The summed E-state index contributed by atoms with van der Waals surface area (Å²) in [6, 6.07) is 13.9. The van der Waals surface area contributed by atoms with Crippen molar-refractivity contribution in [3.05, 3.63) is 60.1 Å². The van der Waals surface area contributed by atoms with Gasteiger partial charge in [0, 0.05) is 52.3 Å². The van der Waals surface area contributed by atoms with Crippen LogP contribution in [0.15, 0.2) is 58.1 Å². The van der Waals surface area contributed by atoms with Crippen LogP contribution in [0.2, 0.25) is 0 Å². The first kappa shape index (κ1) is 22.6. The van der Waals surface area contributed by atoms with Crippen molar-refractivity contribution in [2.24, 2.45) is 10.9 Å². The number of carbonyl (C=O) groups is 1. The number of piperazine rings is 1. The van der Waals surface area contributed by atoms with Gasteiger partial charge in [0.1, 0.15) is 0 Å². The topological polar surface area (TPSA) is 70.3 Å². The Kier molecular flexibility index (Phi) is 8.15. The lowest BCUT2D eigenvalue weighted by Gasteiger charge is -2.36. The summed E-state index contributed by atoms with van der Waals surface area (Å²) < 4.78 is 11.2. The molecular formula is C22H29IN4O3. The van der Waals surface area contributed by atoms with Gasteiger partial charge < -0.3 is 24.3 Å². The number of amides is 1. The van der Waals surface area contributed by atoms with Crippen molar-refractivity contribution in [2.45, 2.75) is 12.5 Å². The number of aliphatic imine (C=N–C) groups is 1. The summed E-state index contributed by atoms with van der Waals surface area (Å²) in [5, 5.41) is 3.53. The molecule has 2 saturated heterocycles. The van der Waals surface area contributed by atoms with E-state index in [-0.39, 0.29) is 36.0 Å². The third-order valence-electron chi connectivity index (χ3n) is 5.67. The molecule has 0 bridgehead atoms. The monoisotopic (exact) mass is 524 g/mol. The normalized spacial score (nSPS) is 22.0. The molecule has 3 heterocycles. The van der Waals surface area contributed by atoms with Gasteiger partial charge >= 0.3 is 0 Å². The first-order valence-corrected chi connectivity index (χ1v) is 10.2. The van der Waals surface area contributed by atoms with Crippen molar-refractivity contribution >= 4 is 35.8 Å². The van der Waals surface area contributed by atoms with Crippen LogP contribution in [0, 0.1) is 5.92 Å². The number of halogens is 1. The number of nitrogens with zero attached hydrogens (tertiary/aromatic N) is 3. The summed E-state index contributed by atoms with van der Waals surface area (Å²) in [6.07, 6.45) is 2.70. The molecule has 0 saturated carbocycles. The highest BCUT2D eigenvalue weighted by Crippen LogP contribution is 2.33. The SMILES string of the molecule is CN=C(NCC1CCOC1c1ccccc1)N1CCN(C(=O)c2ccco2)CC1.I. The lowest BCUT2D eigenvalue weighted by atomic mass is 9.95. The van der Waals surface area contributed by atoms with Gasteiger partial charge in [0.2, 0.25) is 0 Å². The van der Waals surface area contributed by atoms with Crippen LogP contribution >= 0.6 is 24.0 Å². The smallest absolute Gasteiger partial charge is 0.289 e. The highest BCUT2D eigenvalue weighted by atomic mass is 127. The van der Waals surface area contributed by atoms with E-state index in [1.165, 1.54) is 11.8 Å². The summed E-state index contributed by atoms with van der Waals surface area (Å²) in [7, 11) is 1.81. The zero-order valence-electron chi connectivity index (χ0n) is 17.2. The summed E-state index contributed by atoms with van der Waals surface area (Å²) in [5.74, 6) is 1.64. The highest BCUT2D eigenvalue weighted by Gasteiger charge is 2.30. The second-order valence-corrected chi connectivity index (χ2v) is 7.44. The van der Waals surface area contributed by atoms with Crippen molar-refractivity contribution < 1.29 is 13.9 Å². The first-order valence-electron chi connectivity index (χ1n) is 10.2. The Balaban J connectivity index is 0.00000256. The zero-order valence-corrected chi connectivity index (χ0v) is 19.5. The van der Waals surface area contributed by atoms with Crippen LogP contribution in [0.1, 0.15) is 28.6 Å². The Morgan fingerprint density at radius 1 is 1.10 bits per heavy atom. The van der Waals surface area contributed by atoms with Gasteiger partial charge in [0.15, 0.2) is 11.7 Å². The van der Waals surface area contributed by atoms with Gasteiger partial charge in [0.05, 0.1) is 12.4 Å². The number of nitrogens with one attached hydrogen (secondary N) is 1. The molecular weight excluding hydrogens is 495 g/mol. The van der Waals surface area contributed by atoms with Crippen LogP contribution < -0.4 is 5.32 Å². The summed E-state index contributed by atoms with van der Waals surface area (Å²) >= 11 is 0. The fourth-order valence-electron chi connectivity index (χ4n) is 4.09. The van der Waals surface area contributed by atoms with Crippen LogP contribution in [0.4, 0.5) is 0 Å². The Morgan fingerprint density at radius 2 is 1.83 bits per heavy atom. The molecule has 2 aliphatic rings. The molecule has 2 unspecified atom stereocenters. The average molecular weight is 524 g/mol. The molecule has 0 aliphatic carbocycles. The molecule has 1 aromatic heterocycles. The number of carbonyl (C=O) groups excluding carboxylic acids is 1. The average Bonchev–Trinajstić information content (AvgIpc) is 3.47. The molecule has 1 aromatic carbocycles.